The summed E-state index contributed by atoms with van der Waals surface area (Å²) in [5, 5.41) is 5.55. The summed E-state index contributed by atoms with van der Waals surface area (Å²) in [5.74, 6) is -1.24. The lowest BCUT2D eigenvalue weighted by atomic mass is 10.1. The van der Waals surface area contributed by atoms with Gasteiger partial charge in [0.2, 0.25) is 5.91 Å². The van der Waals surface area contributed by atoms with Crippen LogP contribution in [0.2, 0.25) is 0 Å². The quantitative estimate of drug-likeness (QED) is 0.252. The molecule has 0 aliphatic carbocycles. The van der Waals surface area contributed by atoms with Crippen molar-refractivity contribution in [1.29, 1.82) is 0 Å². The van der Waals surface area contributed by atoms with Crippen molar-refractivity contribution in [3.05, 3.63) is 95.1 Å². The molecule has 10 heteroatoms. The van der Waals surface area contributed by atoms with E-state index in [2.05, 4.69) is 10.6 Å². The first-order chi connectivity index (χ1) is 18.4. The molecule has 38 heavy (non-hydrogen) atoms. The molecule has 0 aromatic heterocycles. The van der Waals surface area contributed by atoms with E-state index in [-0.39, 0.29) is 43.7 Å². The maximum Gasteiger partial charge on any atom is 0.513 e. The highest BCUT2D eigenvalue weighted by Gasteiger charge is 2.34. The lowest BCUT2D eigenvalue weighted by Gasteiger charge is -2.14. The van der Waals surface area contributed by atoms with E-state index < -0.39 is 18.0 Å². The second kappa shape index (κ2) is 11.8. The summed E-state index contributed by atoms with van der Waals surface area (Å²) < 4.78 is 9.68. The number of hydrogen-bond donors (Lipinski definition) is 2. The third-order valence-electron chi connectivity index (χ3n) is 5.68. The molecule has 4 amide bonds. The molecule has 1 heterocycles. The van der Waals surface area contributed by atoms with Gasteiger partial charge in [-0.2, -0.15) is 0 Å². The number of anilines is 1. The Balaban J connectivity index is 1.26. The average molecular weight is 516 g/mol. The fraction of sp³-hybridized carbons (Fsp3) is 0.179. The van der Waals surface area contributed by atoms with Gasteiger partial charge in [0.15, 0.2) is 0 Å². The average Bonchev–Trinajstić information content (AvgIpc) is 3.16. The number of nitrogens with one attached hydrogen (secondary N) is 2. The highest BCUT2D eigenvalue weighted by molar-refractivity contribution is 6.21. The van der Waals surface area contributed by atoms with Gasteiger partial charge in [-0.3, -0.25) is 24.1 Å². The lowest BCUT2D eigenvalue weighted by molar-refractivity contribution is -0.116. The van der Waals surface area contributed by atoms with Crippen LogP contribution in [0.3, 0.4) is 0 Å². The van der Waals surface area contributed by atoms with Crippen molar-refractivity contribution in [2.45, 2.75) is 19.9 Å². The SMILES string of the molecule is CCOC(=O)Oc1ccc(C(=O)NCc2cccc(NC(=O)CCN3C(=O)c4ccccc4C3=O)c2)cc1. The van der Waals surface area contributed by atoms with E-state index in [9.17, 15) is 24.0 Å². The Morgan fingerprint density at radius 3 is 2.21 bits per heavy atom. The van der Waals surface area contributed by atoms with Crippen molar-refractivity contribution in [3.8, 4) is 5.75 Å². The fourth-order valence-corrected chi connectivity index (χ4v) is 3.84. The molecule has 0 spiro atoms. The standard InChI is InChI=1S/C28H25N3O7/c1-2-37-28(36)38-21-12-10-19(11-13-21)25(33)29-17-18-6-5-7-20(16-18)30-24(32)14-15-31-26(34)22-8-3-4-9-23(22)27(31)35/h3-13,16H,2,14-15,17H2,1H3,(H,29,33)(H,30,32). The van der Waals surface area contributed by atoms with Crippen LogP contribution in [0.25, 0.3) is 0 Å². The topological polar surface area (TPSA) is 131 Å². The first-order valence-corrected chi connectivity index (χ1v) is 11.9. The van der Waals surface area contributed by atoms with Gasteiger partial charge in [-0.1, -0.05) is 24.3 Å². The summed E-state index contributed by atoms with van der Waals surface area (Å²) in [5.41, 5.74) is 2.32. The maximum absolute atomic E-state index is 12.5. The molecule has 1 aliphatic rings. The number of fused-ring (bicyclic) bond motifs is 1. The Labute approximate surface area is 218 Å². The zero-order valence-electron chi connectivity index (χ0n) is 20.6. The molecule has 0 unspecified atom stereocenters. The Morgan fingerprint density at radius 2 is 1.55 bits per heavy atom. The number of benzene rings is 3. The number of carbonyl (C=O) groups excluding carboxylic acids is 5. The van der Waals surface area contributed by atoms with Gasteiger partial charge in [0.05, 0.1) is 17.7 Å². The van der Waals surface area contributed by atoms with Crippen molar-refractivity contribution in [3.63, 3.8) is 0 Å². The normalized spacial score (nSPS) is 12.1. The van der Waals surface area contributed by atoms with Gasteiger partial charge in [-0.05, 0) is 61.0 Å². The predicted molar refractivity (Wildman–Crippen MR) is 137 cm³/mol. The van der Waals surface area contributed by atoms with E-state index in [1.165, 1.54) is 24.3 Å². The van der Waals surface area contributed by atoms with Gasteiger partial charge in [-0.15, -0.1) is 0 Å². The number of carbonyl (C=O) groups is 5. The molecular formula is C28H25N3O7. The Hall–Kier alpha value is -4.99. The van der Waals surface area contributed by atoms with Crippen LogP contribution in [0.1, 0.15) is 50.0 Å². The maximum atomic E-state index is 12.5. The molecule has 3 aromatic rings. The van der Waals surface area contributed by atoms with Crippen LogP contribution >= 0.6 is 0 Å². The number of hydrogen-bond acceptors (Lipinski definition) is 7. The summed E-state index contributed by atoms with van der Waals surface area (Å²) >= 11 is 0. The zero-order chi connectivity index (χ0) is 27.1. The van der Waals surface area contributed by atoms with Crippen molar-refractivity contribution in [2.24, 2.45) is 0 Å². The van der Waals surface area contributed by atoms with Crippen LogP contribution in [-0.4, -0.2) is 47.8 Å². The van der Waals surface area contributed by atoms with E-state index in [4.69, 9.17) is 9.47 Å². The monoisotopic (exact) mass is 515 g/mol. The van der Waals surface area contributed by atoms with Gasteiger partial charge in [0.25, 0.3) is 17.7 Å². The van der Waals surface area contributed by atoms with Crippen molar-refractivity contribution < 1.29 is 33.4 Å². The number of rotatable bonds is 9. The molecule has 0 fully saturated rings. The van der Waals surface area contributed by atoms with Crippen LogP contribution in [0.4, 0.5) is 10.5 Å². The Bertz CT molecular complexity index is 1350. The summed E-state index contributed by atoms with van der Waals surface area (Å²) in [6.45, 7) is 2.04. The van der Waals surface area contributed by atoms with Gasteiger partial charge < -0.3 is 20.1 Å². The molecule has 1 aliphatic heterocycles. The minimum atomic E-state index is -0.819. The highest BCUT2D eigenvalue weighted by Crippen LogP contribution is 2.22. The summed E-state index contributed by atoms with van der Waals surface area (Å²) in [6.07, 6.45) is -0.872. The van der Waals surface area contributed by atoms with Gasteiger partial charge in [0, 0.05) is 30.8 Å². The van der Waals surface area contributed by atoms with Gasteiger partial charge in [-0.25, -0.2) is 4.79 Å². The molecule has 4 rings (SSSR count). The van der Waals surface area contributed by atoms with E-state index in [1.807, 2.05) is 0 Å². The van der Waals surface area contributed by atoms with Gasteiger partial charge >= 0.3 is 6.16 Å². The minimum absolute atomic E-state index is 0.0302. The smallest absolute Gasteiger partial charge is 0.434 e. The second-order valence-electron chi connectivity index (χ2n) is 8.30. The summed E-state index contributed by atoms with van der Waals surface area (Å²) in [4.78, 5) is 62.3. The minimum Gasteiger partial charge on any atom is -0.434 e. The van der Waals surface area contributed by atoms with Crippen molar-refractivity contribution >= 4 is 35.5 Å². The lowest BCUT2D eigenvalue weighted by Crippen LogP contribution is -2.32. The van der Waals surface area contributed by atoms with Crippen LogP contribution in [0.15, 0.2) is 72.8 Å². The largest absolute Gasteiger partial charge is 0.513 e. The first kappa shape index (κ1) is 26.1. The van der Waals surface area contributed by atoms with E-state index in [0.717, 1.165) is 10.5 Å². The molecule has 10 nitrogen and oxygen atoms in total. The molecule has 3 aromatic carbocycles. The van der Waals surface area contributed by atoms with Crippen molar-refractivity contribution in [1.82, 2.24) is 10.2 Å². The number of ether oxygens (including phenoxy) is 2. The Kier molecular flexibility index (Phi) is 8.12. The third kappa shape index (κ3) is 6.22. The first-order valence-electron chi connectivity index (χ1n) is 11.9. The molecule has 0 atom stereocenters. The van der Waals surface area contributed by atoms with Gasteiger partial charge in [0.1, 0.15) is 5.75 Å². The van der Waals surface area contributed by atoms with E-state index in [1.54, 1.807) is 55.5 Å². The van der Waals surface area contributed by atoms with Crippen LogP contribution < -0.4 is 15.4 Å². The zero-order valence-corrected chi connectivity index (χ0v) is 20.6. The second-order valence-corrected chi connectivity index (χ2v) is 8.30. The third-order valence-corrected chi connectivity index (χ3v) is 5.68. The van der Waals surface area contributed by atoms with Crippen LogP contribution in [-0.2, 0) is 16.1 Å². The van der Waals surface area contributed by atoms with Crippen molar-refractivity contribution in [2.75, 3.05) is 18.5 Å². The fourth-order valence-electron chi connectivity index (χ4n) is 3.84. The predicted octanol–water partition coefficient (Wildman–Crippen LogP) is 3.78. The molecule has 0 saturated heterocycles. The molecular weight excluding hydrogens is 490 g/mol. The van der Waals surface area contributed by atoms with Crippen LogP contribution in [0.5, 0.6) is 5.75 Å². The number of nitrogens with zero attached hydrogens (tertiary/aromatic N) is 1. The molecule has 0 radical (unpaired) electrons. The number of amides is 4. The molecule has 2 N–H and O–H groups in total. The van der Waals surface area contributed by atoms with E-state index in [0.29, 0.717) is 22.4 Å². The molecule has 0 bridgehead atoms. The number of imide groups is 1. The summed E-state index contributed by atoms with van der Waals surface area (Å²) in [7, 11) is 0. The molecule has 0 saturated carbocycles. The van der Waals surface area contributed by atoms with E-state index >= 15 is 0 Å². The van der Waals surface area contributed by atoms with Crippen LogP contribution in [0, 0.1) is 0 Å². The Morgan fingerprint density at radius 1 is 0.868 bits per heavy atom. The molecule has 194 valence electrons. The highest BCUT2D eigenvalue weighted by atomic mass is 16.7. The summed E-state index contributed by atoms with van der Waals surface area (Å²) in [6, 6.07) is 19.5.